The second kappa shape index (κ2) is 7.02. The molecule has 28 heavy (non-hydrogen) atoms. The highest BCUT2D eigenvalue weighted by Crippen LogP contribution is 2.38. The summed E-state index contributed by atoms with van der Waals surface area (Å²) in [6, 6.07) is 13.2. The topological polar surface area (TPSA) is 62.5 Å². The Hall–Kier alpha value is -1.61. The molecule has 0 unspecified atom stereocenters. The van der Waals surface area contributed by atoms with Crippen molar-refractivity contribution in [1.82, 2.24) is 4.57 Å². The molecule has 0 saturated heterocycles. The molecule has 1 heterocycles. The Morgan fingerprint density at radius 1 is 0.821 bits per heavy atom. The van der Waals surface area contributed by atoms with Crippen LogP contribution < -0.4 is 0 Å². The highest BCUT2D eigenvalue weighted by Gasteiger charge is 2.20. The van der Waals surface area contributed by atoms with Crippen LogP contribution in [0, 0.1) is 0 Å². The minimum absolute atomic E-state index is 0.0602. The fourth-order valence-corrected chi connectivity index (χ4v) is 4.27. The Balaban J connectivity index is 2.21. The lowest BCUT2D eigenvalue weighted by molar-refractivity contribution is 0.370. The van der Waals surface area contributed by atoms with E-state index in [0.29, 0.717) is 13.0 Å². The molecule has 0 radical (unpaired) electrons. The third kappa shape index (κ3) is 4.35. The summed E-state index contributed by atoms with van der Waals surface area (Å²) in [4.78, 5) is 18.5. The summed E-state index contributed by atoms with van der Waals surface area (Å²) in [5, 5.41) is 2.43. The number of nitrogens with zero attached hydrogens (tertiary/aromatic N) is 1. The van der Waals surface area contributed by atoms with Crippen LogP contribution in [0.3, 0.4) is 0 Å². The van der Waals surface area contributed by atoms with E-state index in [1.807, 2.05) is 0 Å². The monoisotopic (exact) mass is 401 g/mol. The molecule has 0 aliphatic heterocycles. The molecule has 2 N–H and O–H groups in total. The highest BCUT2D eigenvalue weighted by atomic mass is 31.2. The van der Waals surface area contributed by atoms with Gasteiger partial charge in [0.25, 0.3) is 0 Å². The summed E-state index contributed by atoms with van der Waals surface area (Å²) < 4.78 is 13.5. The van der Waals surface area contributed by atoms with E-state index in [9.17, 15) is 14.4 Å². The van der Waals surface area contributed by atoms with Gasteiger partial charge in [0.05, 0.1) is 6.16 Å². The van der Waals surface area contributed by atoms with Gasteiger partial charge in [0.1, 0.15) is 0 Å². The van der Waals surface area contributed by atoms with Gasteiger partial charge in [0, 0.05) is 28.4 Å². The van der Waals surface area contributed by atoms with Gasteiger partial charge in [-0.05, 0) is 52.6 Å². The zero-order valence-corrected chi connectivity index (χ0v) is 18.7. The molecule has 0 amide bonds. The van der Waals surface area contributed by atoms with Gasteiger partial charge in [-0.1, -0.05) is 53.7 Å². The second-order valence-corrected chi connectivity index (χ2v) is 11.6. The van der Waals surface area contributed by atoms with Crippen LogP contribution in [0.1, 0.15) is 59.1 Å². The summed E-state index contributed by atoms with van der Waals surface area (Å²) in [6.45, 7) is 13.9. The maximum absolute atomic E-state index is 11.3. The summed E-state index contributed by atoms with van der Waals surface area (Å²) in [5.74, 6) is 0. The predicted octanol–water partition coefficient (Wildman–Crippen LogP) is 5.96. The Morgan fingerprint density at radius 2 is 1.25 bits per heavy atom. The average molecular weight is 401 g/mol. The first-order valence-corrected chi connectivity index (χ1v) is 11.7. The molecule has 0 aliphatic rings. The molecule has 0 bridgehead atoms. The maximum atomic E-state index is 11.3. The first kappa shape index (κ1) is 21.1. The first-order chi connectivity index (χ1) is 12.8. The van der Waals surface area contributed by atoms with E-state index in [4.69, 9.17) is 0 Å². The van der Waals surface area contributed by atoms with Crippen LogP contribution in [0.15, 0.2) is 36.4 Å². The van der Waals surface area contributed by atoms with Crippen molar-refractivity contribution in [3.8, 4) is 0 Å². The Kier molecular flexibility index (Phi) is 5.29. The summed E-state index contributed by atoms with van der Waals surface area (Å²) in [6.07, 6.45) is 0.361. The number of benzene rings is 2. The van der Waals surface area contributed by atoms with E-state index in [2.05, 4.69) is 82.5 Å². The fourth-order valence-electron chi connectivity index (χ4n) is 3.71. The number of hydrogen-bond donors (Lipinski definition) is 2. The number of rotatable bonds is 4. The van der Waals surface area contributed by atoms with Crippen LogP contribution >= 0.6 is 7.60 Å². The molecule has 0 saturated carbocycles. The van der Waals surface area contributed by atoms with E-state index < -0.39 is 7.60 Å². The molecule has 5 heteroatoms. The van der Waals surface area contributed by atoms with E-state index in [-0.39, 0.29) is 17.0 Å². The normalized spacial score (nSPS) is 13.6. The maximum Gasteiger partial charge on any atom is 0.325 e. The zero-order valence-electron chi connectivity index (χ0n) is 17.8. The Morgan fingerprint density at radius 3 is 1.61 bits per heavy atom. The highest BCUT2D eigenvalue weighted by molar-refractivity contribution is 7.51. The zero-order chi connectivity index (χ0) is 20.9. The van der Waals surface area contributed by atoms with Crippen LogP contribution in [-0.2, 0) is 21.9 Å². The van der Waals surface area contributed by atoms with Gasteiger partial charge < -0.3 is 14.4 Å². The van der Waals surface area contributed by atoms with Crippen LogP contribution in [0.5, 0.6) is 0 Å². The quantitative estimate of drug-likeness (QED) is 0.531. The molecule has 2 aromatic carbocycles. The van der Waals surface area contributed by atoms with Gasteiger partial charge in [-0.15, -0.1) is 0 Å². The lowest BCUT2D eigenvalue weighted by Gasteiger charge is -2.19. The number of hydrogen-bond acceptors (Lipinski definition) is 1. The van der Waals surface area contributed by atoms with Crippen molar-refractivity contribution < 1.29 is 14.4 Å². The largest absolute Gasteiger partial charge is 0.340 e. The molecule has 0 spiro atoms. The van der Waals surface area contributed by atoms with Crippen LogP contribution in [0.25, 0.3) is 21.8 Å². The summed E-state index contributed by atoms with van der Waals surface area (Å²) in [7, 11) is -3.98. The van der Waals surface area contributed by atoms with Crippen molar-refractivity contribution >= 4 is 29.4 Å². The molecular formula is C23H32NO3P. The van der Waals surface area contributed by atoms with Gasteiger partial charge in [-0.25, -0.2) is 0 Å². The number of fused-ring (bicyclic) bond motifs is 3. The van der Waals surface area contributed by atoms with Crippen molar-refractivity contribution in [3.05, 3.63) is 47.5 Å². The van der Waals surface area contributed by atoms with E-state index in [0.717, 1.165) is 11.0 Å². The smallest absolute Gasteiger partial charge is 0.325 e. The molecular weight excluding hydrogens is 369 g/mol. The van der Waals surface area contributed by atoms with Crippen LogP contribution in [-0.4, -0.2) is 20.5 Å². The third-order valence-electron chi connectivity index (χ3n) is 5.43. The van der Waals surface area contributed by atoms with Crippen molar-refractivity contribution in [1.29, 1.82) is 0 Å². The predicted molar refractivity (Wildman–Crippen MR) is 118 cm³/mol. The molecule has 3 aromatic rings. The molecule has 1 aromatic heterocycles. The molecule has 152 valence electrons. The number of aryl methyl sites for hydroxylation is 1. The molecule has 0 fully saturated rings. The first-order valence-electron chi connectivity index (χ1n) is 9.89. The van der Waals surface area contributed by atoms with E-state index in [1.54, 1.807) is 0 Å². The minimum Gasteiger partial charge on any atom is -0.340 e. The third-order valence-corrected chi connectivity index (χ3v) is 6.33. The van der Waals surface area contributed by atoms with Gasteiger partial charge >= 0.3 is 7.60 Å². The number of aromatic nitrogens is 1. The Labute approximate surface area is 167 Å². The second-order valence-electron chi connectivity index (χ2n) is 9.86. The van der Waals surface area contributed by atoms with Gasteiger partial charge in [-0.3, -0.25) is 4.57 Å². The lowest BCUT2D eigenvalue weighted by Crippen LogP contribution is -2.10. The van der Waals surface area contributed by atoms with Crippen molar-refractivity contribution in [2.75, 3.05) is 6.16 Å². The average Bonchev–Trinajstić information content (AvgIpc) is 2.85. The minimum atomic E-state index is -3.98. The standard InChI is InChI=1S/C23H32NO3P/c1-22(2,3)16-8-10-20-18(14-16)19-15-17(23(4,5)6)9-11-21(19)24(20)12-7-13-28(25,26)27/h8-11,14-15H,7,12-13H2,1-6H3,(H2,25,26,27). The molecule has 3 rings (SSSR count). The SMILES string of the molecule is CC(C)(C)c1ccc2c(c1)c1cc(C(C)(C)C)ccc1n2CCCP(=O)(O)O. The van der Waals surface area contributed by atoms with Gasteiger partial charge in [0.2, 0.25) is 0 Å². The Bertz CT molecular complexity index is 990. The molecule has 0 atom stereocenters. The van der Waals surface area contributed by atoms with Crippen LogP contribution in [0.4, 0.5) is 0 Å². The van der Waals surface area contributed by atoms with Gasteiger partial charge in [-0.2, -0.15) is 0 Å². The van der Waals surface area contributed by atoms with Crippen molar-refractivity contribution in [2.45, 2.75) is 65.3 Å². The van der Waals surface area contributed by atoms with Crippen LogP contribution in [0.2, 0.25) is 0 Å². The molecule has 4 nitrogen and oxygen atoms in total. The fraction of sp³-hybridized carbons (Fsp3) is 0.478. The summed E-state index contributed by atoms with van der Waals surface area (Å²) >= 11 is 0. The summed E-state index contributed by atoms with van der Waals surface area (Å²) in [5.41, 5.74) is 4.94. The van der Waals surface area contributed by atoms with Gasteiger partial charge in [0.15, 0.2) is 0 Å². The van der Waals surface area contributed by atoms with Crippen molar-refractivity contribution in [2.24, 2.45) is 0 Å². The van der Waals surface area contributed by atoms with E-state index in [1.165, 1.54) is 21.9 Å². The van der Waals surface area contributed by atoms with E-state index >= 15 is 0 Å². The molecule has 0 aliphatic carbocycles. The van der Waals surface area contributed by atoms with Crippen molar-refractivity contribution in [3.63, 3.8) is 0 Å². The lowest BCUT2D eigenvalue weighted by atomic mass is 9.85.